The van der Waals surface area contributed by atoms with Crippen LogP contribution in [0.4, 0.5) is 25.7 Å². The monoisotopic (exact) mass is 417 g/mol. The van der Waals surface area contributed by atoms with Gasteiger partial charge in [0.05, 0.1) is 5.25 Å². The second-order valence-corrected chi connectivity index (χ2v) is 8.14. The number of hydrogen-bond donors (Lipinski definition) is 3. The lowest BCUT2D eigenvalue weighted by atomic mass is 10.3. The minimum atomic E-state index is -0.602. The third-order valence-corrected chi connectivity index (χ3v) is 5.42. The van der Waals surface area contributed by atoms with Gasteiger partial charge in [-0.2, -0.15) is 0 Å². The first-order chi connectivity index (χ1) is 13.5. The Labute approximate surface area is 168 Å². The fourth-order valence-electron chi connectivity index (χ4n) is 2.10. The number of para-hydroxylation sites is 1. The predicted molar refractivity (Wildman–Crippen MR) is 109 cm³/mol. The van der Waals surface area contributed by atoms with Crippen molar-refractivity contribution in [2.75, 3.05) is 10.6 Å². The van der Waals surface area contributed by atoms with Crippen molar-refractivity contribution in [3.63, 3.8) is 0 Å². The maximum atomic E-state index is 13.2. The number of rotatable bonds is 6. The van der Waals surface area contributed by atoms with Crippen molar-refractivity contribution >= 4 is 51.5 Å². The van der Waals surface area contributed by atoms with E-state index in [-0.39, 0.29) is 5.82 Å². The molecular weight excluding hydrogens is 401 g/mol. The summed E-state index contributed by atoms with van der Waals surface area (Å²) in [7, 11) is 0. The molecule has 0 saturated carbocycles. The summed E-state index contributed by atoms with van der Waals surface area (Å²) in [5.41, 5.74) is 1.14. The number of benzene rings is 2. The average molecular weight is 417 g/mol. The van der Waals surface area contributed by atoms with Crippen LogP contribution in [0.5, 0.6) is 0 Å². The van der Waals surface area contributed by atoms with E-state index in [4.69, 9.17) is 0 Å². The molecule has 0 saturated heterocycles. The van der Waals surface area contributed by atoms with E-state index in [1.165, 1.54) is 35.2 Å². The molecule has 0 aliphatic rings. The smallest absolute Gasteiger partial charge is 0.325 e. The maximum absolute atomic E-state index is 13.2. The number of imide groups is 1. The molecule has 1 heterocycles. The van der Waals surface area contributed by atoms with E-state index in [1.54, 1.807) is 43.3 Å². The van der Waals surface area contributed by atoms with Gasteiger partial charge in [-0.1, -0.05) is 47.4 Å². The summed E-state index contributed by atoms with van der Waals surface area (Å²) in [4.78, 5) is 24.1. The van der Waals surface area contributed by atoms with Crippen LogP contribution in [-0.2, 0) is 4.79 Å². The highest BCUT2D eigenvalue weighted by molar-refractivity contribution is 8.02. The molecule has 3 N–H and O–H groups in total. The van der Waals surface area contributed by atoms with Gasteiger partial charge < -0.3 is 10.6 Å². The molecule has 0 bridgehead atoms. The Morgan fingerprint density at radius 3 is 2.57 bits per heavy atom. The molecule has 0 radical (unpaired) electrons. The molecule has 0 aliphatic carbocycles. The highest BCUT2D eigenvalue weighted by atomic mass is 32.2. The largest absolute Gasteiger partial charge is 0.330 e. The number of carbonyl (C=O) groups is 2. The third-order valence-electron chi connectivity index (χ3n) is 3.40. The van der Waals surface area contributed by atoms with Crippen LogP contribution in [-0.4, -0.2) is 27.4 Å². The van der Waals surface area contributed by atoms with Crippen LogP contribution in [0.3, 0.4) is 0 Å². The Kier molecular flexibility index (Phi) is 6.56. The number of nitrogens with zero attached hydrogens (tertiary/aromatic N) is 2. The van der Waals surface area contributed by atoms with E-state index in [2.05, 4.69) is 26.1 Å². The minimum absolute atomic E-state index is 0.358. The topological polar surface area (TPSA) is 96.0 Å². The van der Waals surface area contributed by atoms with Gasteiger partial charge in [0.15, 0.2) is 4.34 Å². The summed E-state index contributed by atoms with van der Waals surface area (Å²) in [5.74, 6) is -0.809. The highest BCUT2D eigenvalue weighted by Crippen LogP contribution is 2.30. The molecule has 144 valence electrons. The van der Waals surface area contributed by atoms with Gasteiger partial charge in [0.25, 0.3) is 0 Å². The van der Waals surface area contributed by atoms with Gasteiger partial charge in [-0.05, 0) is 37.3 Å². The van der Waals surface area contributed by atoms with Crippen molar-refractivity contribution in [2.45, 2.75) is 16.5 Å². The molecule has 1 aromatic heterocycles. The number of thioether (sulfide) groups is 1. The van der Waals surface area contributed by atoms with E-state index in [0.29, 0.717) is 20.8 Å². The lowest BCUT2D eigenvalue weighted by Gasteiger charge is -2.10. The summed E-state index contributed by atoms with van der Waals surface area (Å²) >= 11 is 2.40. The molecule has 7 nitrogen and oxygen atoms in total. The molecule has 3 rings (SSSR count). The van der Waals surface area contributed by atoms with E-state index >= 15 is 0 Å². The molecule has 3 amide bonds. The van der Waals surface area contributed by atoms with E-state index in [0.717, 1.165) is 0 Å². The SMILES string of the molecule is CC(Sc1nnc(Nc2cccc(F)c2)s1)C(=O)NC(=O)Nc1ccccc1. The van der Waals surface area contributed by atoms with Gasteiger partial charge >= 0.3 is 6.03 Å². The number of amides is 3. The first-order valence-corrected chi connectivity index (χ1v) is 9.89. The number of hydrogen-bond acceptors (Lipinski definition) is 7. The summed E-state index contributed by atoms with van der Waals surface area (Å²) < 4.78 is 13.8. The fourth-order valence-corrected chi connectivity index (χ4v) is 4.02. The Morgan fingerprint density at radius 2 is 1.82 bits per heavy atom. The van der Waals surface area contributed by atoms with Crippen LogP contribution in [0.25, 0.3) is 0 Å². The first kappa shape index (κ1) is 19.8. The second-order valence-electron chi connectivity index (χ2n) is 5.58. The van der Waals surface area contributed by atoms with Crippen molar-refractivity contribution < 1.29 is 14.0 Å². The molecule has 3 aromatic rings. The van der Waals surface area contributed by atoms with Gasteiger partial charge in [-0.15, -0.1) is 10.2 Å². The number of aromatic nitrogens is 2. The zero-order chi connectivity index (χ0) is 19.9. The average Bonchev–Trinajstić information content (AvgIpc) is 3.09. The molecule has 1 atom stereocenters. The van der Waals surface area contributed by atoms with Crippen molar-refractivity contribution in [1.82, 2.24) is 15.5 Å². The summed E-state index contributed by atoms with van der Waals surface area (Å²) in [5, 5.41) is 15.7. The van der Waals surface area contributed by atoms with Crippen molar-refractivity contribution in [2.24, 2.45) is 0 Å². The van der Waals surface area contributed by atoms with Crippen LogP contribution < -0.4 is 16.0 Å². The quantitative estimate of drug-likeness (QED) is 0.519. The lowest BCUT2D eigenvalue weighted by Crippen LogP contribution is -2.38. The molecule has 0 aliphatic heterocycles. The highest BCUT2D eigenvalue weighted by Gasteiger charge is 2.19. The number of urea groups is 1. The molecule has 2 aromatic carbocycles. The molecule has 28 heavy (non-hydrogen) atoms. The number of halogens is 1. The van der Waals surface area contributed by atoms with Crippen LogP contribution in [0.15, 0.2) is 58.9 Å². The molecular formula is C18H16FN5O2S2. The number of nitrogens with one attached hydrogen (secondary N) is 3. The van der Waals surface area contributed by atoms with Crippen LogP contribution in [0.2, 0.25) is 0 Å². The Bertz CT molecular complexity index is 967. The van der Waals surface area contributed by atoms with Crippen molar-refractivity contribution in [1.29, 1.82) is 0 Å². The predicted octanol–water partition coefficient (Wildman–Crippen LogP) is 4.25. The Hall–Kier alpha value is -2.98. The molecule has 0 spiro atoms. The van der Waals surface area contributed by atoms with Crippen LogP contribution in [0, 0.1) is 5.82 Å². The summed E-state index contributed by atoms with van der Waals surface area (Å²) in [6.45, 7) is 1.66. The van der Waals surface area contributed by atoms with Gasteiger partial charge in [0, 0.05) is 11.4 Å². The molecule has 0 fully saturated rings. The number of anilines is 3. The number of carbonyl (C=O) groups excluding carboxylic acids is 2. The Morgan fingerprint density at radius 1 is 1.07 bits per heavy atom. The zero-order valence-corrected chi connectivity index (χ0v) is 16.3. The third kappa shape index (κ3) is 5.76. The first-order valence-electron chi connectivity index (χ1n) is 8.19. The van der Waals surface area contributed by atoms with Crippen LogP contribution >= 0.6 is 23.1 Å². The molecule has 10 heteroatoms. The normalized spacial score (nSPS) is 11.5. The maximum Gasteiger partial charge on any atom is 0.325 e. The van der Waals surface area contributed by atoms with Crippen molar-refractivity contribution in [3.8, 4) is 0 Å². The second kappa shape index (κ2) is 9.29. The van der Waals surface area contributed by atoms with Gasteiger partial charge in [0.1, 0.15) is 5.82 Å². The standard InChI is InChI=1S/C18H16FN5O2S2/c1-11(15(25)22-16(26)20-13-7-3-2-4-8-13)27-18-24-23-17(28-18)21-14-9-5-6-12(19)10-14/h2-11H,1H3,(H,21,23)(H2,20,22,25,26). The lowest BCUT2D eigenvalue weighted by molar-refractivity contribution is -0.119. The van der Waals surface area contributed by atoms with Gasteiger partial charge in [-0.25, -0.2) is 9.18 Å². The van der Waals surface area contributed by atoms with E-state index in [9.17, 15) is 14.0 Å². The van der Waals surface area contributed by atoms with Crippen molar-refractivity contribution in [3.05, 3.63) is 60.4 Å². The summed E-state index contributed by atoms with van der Waals surface area (Å²) in [6, 6.07) is 14.2. The summed E-state index contributed by atoms with van der Waals surface area (Å²) in [6.07, 6.45) is 0. The van der Waals surface area contributed by atoms with Crippen LogP contribution in [0.1, 0.15) is 6.92 Å². The van der Waals surface area contributed by atoms with Gasteiger partial charge in [-0.3, -0.25) is 10.1 Å². The molecule has 1 unspecified atom stereocenters. The van der Waals surface area contributed by atoms with E-state index in [1.807, 2.05) is 6.07 Å². The Balaban J connectivity index is 1.51. The fraction of sp³-hybridized carbons (Fsp3) is 0.111. The zero-order valence-electron chi connectivity index (χ0n) is 14.7. The van der Waals surface area contributed by atoms with Gasteiger partial charge in [0.2, 0.25) is 11.0 Å². The van der Waals surface area contributed by atoms with E-state index < -0.39 is 17.2 Å². The minimum Gasteiger partial charge on any atom is -0.330 e.